The second-order valence-corrected chi connectivity index (χ2v) is 8.94. The first-order valence-electron chi connectivity index (χ1n) is 8.85. The lowest BCUT2D eigenvalue weighted by Crippen LogP contribution is -2.42. The first-order chi connectivity index (χ1) is 13.3. The summed E-state index contributed by atoms with van der Waals surface area (Å²) in [6.45, 7) is -0.463. The van der Waals surface area contributed by atoms with Gasteiger partial charge < -0.3 is 9.64 Å². The van der Waals surface area contributed by atoms with E-state index in [1.165, 1.54) is 4.90 Å². The van der Waals surface area contributed by atoms with Gasteiger partial charge in [0.05, 0.1) is 17.5 Å². The first-order valence-corrected chi connectivity index (χ1v) is 10.7. The number of hydrogen-bond acceptors (Lipinski definition) is 7. The van der Waals surface area contributed by atoms with Crippen LogP contribution < -0.4 is 4.90 Å². The van der Waals surface area contributed by atoms with Crippen LogP contribution in [0.1, 0.15) is 19.3 Å². The third-order valence-corrected chi connectivity index (χ3v) is 6.44. The summed E-state index contributed by atoms with van der Waals surface area (Å²) in [5.41, 5.74) is 0.678. The molecule has 3 rings (SSSR count). The number of amides is 2. The fourth-order valence-electron chi connectivity index (χ4n) is 3.08. The Morgan fingerprint density at radius 1 is 1.25 bits per heavy atom. The summed E-state index contributed by atoms with van der Waals surface area (Å²) in [7, 11) is -1.62. The minimum absolute atomic E-state index is 0.00291. The summed E-state index contributed by atoms with van der Waals surface area (Å²) in [6.07, 6.45) is 0.430. The molecule has 150 valence electrons. The largest absolute Gasteiger partial charge is 0.451 e. The number of hydrazone groups is 1. The van der Waals surface area contributed by atoms with Gasteiger partial charge in [-0.2, -0.15) is 5.10 Å². The number of esters is 1. The van der Waals surface area contributed by atoms with E-state index in [-0.39, 0.29) is 36.0 Å². The molecule has 0 aliphatic carbocycles. The van der Waals surface area contributed by atoms with Crippen molar-refractivity contribution in [2.75, 3.05) is 30.1 Å². The summed E-state index contributed by atoms with van der Waals surface area (Å²) < 4.78 is 28.3. The van der Waals surface area contributed by atoms with E-state index in [9.17, 15) is 22.8 Å². The van der Waals surface area contributed by atoms with Crippen LogP contribution in [0.15, 0.2) is 35.4 Å². The van der Waals surface area contributed by atoms with E-state index in [0.29, 0.717) is 12.1 Å². The monoisotopic (exact) mass is 407 g/mol. The van der Waals surface area contributed by atoms with E-state index in [1.807, 2.05) is 6.07 Å². The lowest BCUT2D eigenvalue weighted by Gasteiger charge is -2.27. The summed E-state index contributed by atoms with van der Waals surface area (Å²) in [4.78, 5) is 37.9. The molecule has 0 N–H and O–H groups in total. The molecule has 0 bridgehead atoms. The maximum Gasteiger partial charge on any atom is 0.355 e. The highest BCUT2D eigenvalue weighted by atomic mass is 32.2. The van der Waals surface area contributed by atoms with Gasteiger partial charge in [0, 0.05) is 25.6 Å². The summed E-state index contributed by atoms with van der Waals surface area (Å²) in [5.74, 6) is -1.68. The third-order valence-electron chi connectivity index (χ3n) is 4.69. The van der Waals surface area contributed by atoms with E-state index < -0.39 is 34.4 Å². The number of sulfone groups is 1. The molecule has 0 saturated carbocycles. The van der Waals surface area contributed by atoms with Crippen LogP contribution in [0, 0.1) is 0 Å². The minimum Gasteiger partial charge on any atom is -0.451 e. The Labute approximate surface area is 162 Å². The molecule has 2 amide bonds. The molecule has 0 radical (unpaired) electrons. The zero-order valence-electron chi connectivity index (χ0n) is 15.4. The number of hydrogen-bond donors (Lipinski definition) is 0. The number of likely N-dealkylation sites (N-methyl/N-ethyl adjacent to an activating group) is 1. The van der Waals surface area contributed by atoms with Crippen LogP contribution in [0.3, 0.4) is 0 Å². The molecule has 0 unspecified atom stereocenters. The zero-order chi connectivity index (χ0) is 20.3. The van der Waals surface area contributed by atoms with Crippen LogP contribution in [0.2, 0.25) is 0 Å². The molecular formula is C18H21N3O6S. The van der Waals surface area contributed by atoms with Crippen molar-refractivity contribution >= 4 is 39.0 Å². The predicted molar refractivity (Wildman–Crippen MR) is 101 cm³/mol. The summed E-state index contributed by atoms with van der Waals surface area (Å²) in [6, 6.07) is 8.35. The Hall–Kier alpha value is -2.75. The third kappa shape index (κ3) is 4.56. The SMILES string of the molecule is CN(C(=O)COC(=O)C1=NN([C@H]2CCS(=O)(=O)C2)C(=O)CC1)c1ccccc1. The van der Waals surface area contributed by atoms with Crippen molar-refractivity contribution in [3.63, 3.8) is 0 Å². The van der Waals surface area contributed by atoms with E-state index in [0.717, 1.165) is 5.01 Å². The number of para-hydroxylation sites is 1. The lowest BCUT2D eigenvalue weighted by molar-refractivity contribution is -0.142. The molecule has 2 heterocycles. The average molecular weight is 407 g/mol. The molecule has 2 aliphatic heterocycles. The van der Waals surface area contributed by atoms with E-state index >= 15 is 0 Å². The van der Waals surface area contributed by atoms with Gasteiger partial charge in [-0.3, -0.25) is 9.59 Å². The van der Waals surface area contributed by atoms with Crippen molar-refractivity contribution in [3.05, 3.63) is 30.3 Å². The molecule has 10 heteroatoms. The van der Waals surface area contributed by atoms with Gasteiger partial charge in [-0.15, -0.1) is 0 Å². The highest BCUT2D eigenvalue weighted by molar-refractivity contribution is 7.91. The van der Waals surface area contributed by atoms with Crippen molar-refractivity contribution in [2.24, 2.45) is 5.10 Å². The van der Waals surface area contributed by atoms with Gasteiger partial charge in [0.15, 0.2) is 16.4 Å². The molecule has 1 aromatic rings. The topological polar surface area (TPSA) is 113 Å². The number of carbonyl (C=O) groups excluding carboxylic acids is 3. The van der Waals surface area contributed by atoms with Crippen LogP contribution in [0.25, 0.3) is 0 Å². The van der Waals surface area contributed by atoms with Crippen molar-refractivity contribution in [1.29, 1.82) is 0 Å². The Morgan fingerprint density at radius 3 is 2.61 bits per heavy atom. The van der Waals surface area contributed by atoms with Crippen molar-refractivity contribution in [2.45, 2.75) is 25.3 Å². The fourth-order valence-corrected chi connectivity index (χ4v) is 4.77. The lowest BCUT2D eigenvalue weighted by atomic mass is 10.1. The Bertz CT molecular complexity index is 913. The van der Waals surface area contributed by atoms with Gasteiger partial charge >= 0.3 is 5.97 Å². The number of rotatable bonds is 5. The number of benzene rings is 1. The van der Waals surface area contributed by atoms with Gasteiger partial charge in [0.1, 0.15) is 5.71 Å². The summed E-state index contributed by atoms with van der Waals surface area (Å²) in [5, 5.41) is 5.11. The number of ether oxygens (including phenoxy) is 1. The molecule has 9 nitrogen and oxygen atoms in total. The first kappa shape index (κ1) is 20.0. The molecule has 1 fully saturated rings. The highest BCUT2D eigenvalue weighted by Crippen LogP contribution is 2.22. The average Bonchev–Trinajstić information content (AvgIpc) is 3.05. The van der Waals surface area contributed by atoms with E-state index in [4.69, 9.17) is 4.74 Å². The Morgan fingerprint density at radius 2 is 1.96 bits per heavy atom. The van der Waals surface area contributed by atoms with E-state index in [2.05, 4.69) is 5.10 Å². The molecular weight excluding hydrogens is 386 g/mol. The van der Waals surface area contributed by atoms with Crippen LogP contribution in [-0.4, -0.2) is 68.1 Å². The van der Waals surface area contributed by atoms with Crippen molar-refractivity contribution in [1.82, 2.24) is 5.01 Å². The number of nitrogens with zero attached hydrogens (tertiary/aromatic N) is 3. The fraction of sp³-hybridized carbons (Fsp3) is 0.444. The van der Waals surface area contributed by atoms with Gasteiger partial charge in [0.25, 0.3) is 5.91 Å². The van der Waals surface area contributed by atoms with Gasteiger partial charge in [-0.1, -0.05) is 18.2 Å². The normalized spacial score (nSPS) is 21.2. The standard InChI is InChI=1S/C18H21N3O6S/c1-20(13-5-3-2-4-6-13)17(23)11-27-18(24)15-7-8-16(22)21(19-15)14-9-10-28(25,26)12-14/h2-6,14H,7-12H2,1H3/t14-/m0/s1. The molecule has 1 aromatic carbocycles. The zero-order valence-corrected chi connectivity index (χ0v) is 16.2. The predicted octanol–water partition coefficient (Wildman–Crippen LogP) is 0.358. The smallest absolute Gasteiger partial charge is 0.355 e. The van der Waals surface area contributed by atoms with Crippen LogP contribution in [0.4, 0.5) is 5.69 Å². The molecule has 2 aliphatic rings. The maximum absolute atomic E-state index is 12.3. The number of carbonyl (C=O) groups is 3. The Kier molecular flexibility index (Phi) is 5.78. The van der Waals surface area contributed by atoms with Crippen LogP contribution in [-0.2, 0) is 29.0 Å². The molecule has 0 aromatic heterocycles. The van der Waals surface area contributed by atoms with E-state index in [1.54, 1.807) is 31.3 Å². The van der Waals surface area contributed by atoms with Crippen LogP contribution >= 0.6 is 0 Å². The molecule has 1 saturated heterocycles. The van der Waals surface area contributed by atoms with Gasteiger partial charge in [-0.05, 0) is 18.6 Å². The summed E-state index contributed by atoms with van der Waals surface area (Å²) >= 11 is 0. The Balaban J connectivity index is 1.61. The second kappa shape index (κ2) is 8.09. The number of anilines is 1. The molecule has 28 heavy (non-hydrogen) atoms. The van der Waals surface area contributed by atoms with Crippen molar-refractivity contribution < 1.29 is 27.5 Å². The van der Waals surface area contributed by atoms with Crippen molar-refractivity contribution in [3.8, 4) is 0 Å². The van der Waals surface area contributed by atoms with Crippen LogP contribution in [0.5, 0.6) is 0 Å². The maximum atomic E-state index is 12.3. The minimum atomic E-state index is -3.19. The highest BCUT2D eigenvalue weighted by Gasteiger charge is 2.37. The molecule has 0 spiro atoms. The van der Waals surface area contributed by atoms with Gasteiger partial charge in [0.2, 0.25) is 5.91 Å². The van der Waals surface area contributed by atoms with Gasteiger partial charge in [-0.25, -0.2) is 18.2 Å². The quantitative estimate of drug-likeness (QED) is 0.651. The molecule has 1 atom stereocenters. The second-order valence-electron chi connectivity index (χ2n) is 6.71.